The summed E-state index contributed by atoms with van der Waals surface area (Å²) in [4.78, 5) is 0. The fourth-order valence-corrected chi connectivity index (χ4v) is 13.8. The molecular weight excluding hydrogens is 675 g/mol. The van der Waals surface area contributed by atoms with Crippen molar-refractivity contribution in [2.45, 2.75) is 126 Å². The van der Waals surface area contributed by atoms with E-state index < -0.39 is 8.07 Å². The van der Waals surface area contributed by atoms with Gasteiger partial charge in [-0.15, -0.1) is 34.5 Å². The number of benzene rings is 2. The van der Waals surface area contributed by atoms with E-state index in [2.05, 4.69) is 139 Å². The summed E-state index contributed by atoms with van der Waals surface area (Å²) in [6.45, 7) is 34.3. The molecule has 3 aromatic carbocycles. The smallest absolute Gasteiger partial charge is 0.113 e. The van der Waals surface area contributed by atoms with Gasteiger partial charge < -0.3 is 0 Å². The number of hydrogen-bond acceptors (Lipinski definition) is 0. The maximum absolute atomic E-state index is 2.73. The van der Waals surface area contributed by atoms with Gasteiger partial charge in [-0.2, -0.15) is 0 Å². The molecule has 0 N–H and O–H groups in total. The van der Waals surface area contributed by atoms with Crippen LogP contribution in [0.4, 0.5) is 0 Å². The van der Waals surface area contributed by atoms with E-state index in [9.17, 15) is 0 Å². The summed E-state index contributed by atoms with van der Waals surface area (Å²) in [5, 5.41) is 6.20. The standard InChI is InChI=1S/C39H55Si.Hf/c1-15-40(16-2,37-27(7)25(5)26(6)28(37)8)33-23-32(31-21-29-19-17-18-20-30(29)22-31)35(38(9,10)11)34(24(3)4)36(33)39(12,13)14;/h17-24,27H,15-16H2,1-14H3;/q-1;. The fourth-order valence-electron chi connectivity index (χ4n) is 8.10. The molecule has 0 bridgehead atoms. The van der Waals surface area contributed by atoms with E-state index in [1.54, 1.807) is 38.2 Å². The van der Waals surface area contributed by atoms with Crippen molar-refractivity contribution in [1.82, 2.24) is 0 Å². The monoisotopic (exact) mass is 731 g/mol. The van der Waals surface area contributed by atoms with Gasteiger partial charge in [0, 0.05) is 25.8 Å². The molecule has 0 aliphatic heterocycles. The zero-order valence-electron chi connectivity index (χ0n) is 28.6. The van der Waals surface area contributed by atoms with Crippen molar-refractivity contribution in [1.29, 1.82) is 0 Å². The van der Waals surface area contributed by atoms with Crippen LogP contribution in [0, 0.1) is 5.92 Å². The first kappa shape index (κ1) is 34.1. The summed E-state index contributed by atoms with van der Waals surface area (Å²) in [6, 6.07) is 19.0. The minimum Gasteiger partial charge on any atom is -0.145 e. The summed E-state index contributed by atoms with van der Waals surface area (Å²) in [5.74, 6) is 0.985. The quantitative estimate of drug-likeness (QED) is 0.175. The molecule has 0 saturated heterocycles. The largest absolute Gasteiger partial charge is 0.145 e. The Balaban J connectivity index is 0.00000462. The van der Waals surface area contributed by atoms with E-state index in [1.165, 1.54) is 39.6 Å². The maximum atomic E-state index is 2.73. The third-order valence-corrected chi connectivity index (χ3v) is 15.9. The van der Waals surface area contributed by atoms with Crippen LogP contribution in [0.25, 0.3) is 21.9 Å². The SMILES string of the molecule is CC[Si](CC)(C1=C(C)C(C)=C(C)C1C)c1cc(-c2cc3ccccc3[cH-]2)c(C(C)(C)C)c(C(C)C)c1C(C)(C)C.[Hf]. The van der Waals surface area contributed by atoms with E-state index in [0.29, 0.717) is 11.8 Å². The molecule has 41 heavy (non-hydrogen) atoms. The summed E-state index contributed by atoms with van der Waals surface area (Å²) in [7, 11) is -2.08. The molecule has 2 heteroatoms. The summed E-state index contributed by atoms with van der Waals surface area (Å²) < 4.78 is 0. The Hall–Kier alpha value is -1.38. The normalized spacial score (nSPS) is 16.8. The second-order valence-electron chi connectivity index (χ2n) is 15.0. The molecule has 0 fully saturated rings. The molecule has 0 radical (unpaired) electrons. The number of fused-ring (bicyclic) bond motifs is 1. The Kier molecular flexibility index (Phi) is 9.94. The van der Waals surface area contributed by atoms with Gasteiger partial charge in [0.2, 0.25) is 0 Å². The molecule has 0 heterocycles. The first-order valence-electron chi connectivity index (χ1n) is 15.8. The van der Waals surface area contributed by atoms with Crippen molar-refractivity contribution in [3.63, 3.8) is 0 Å². The Morgan fingerprint density at radius 1 is 0.829 bits per heavy atom. The number of hydrogen-bond donors (Lipinski definition) is 0. The number of allylic oxidation sites excluding steroid dienone is 4. The minimum absolute atomic E-state index is 0. The molecule has 1 aliphatic carbocycles. The van der Waals surface area contributed by atoms with Gasteiger partial charge in [-0.25, -0.2) is 0 Å². The Labute approximate surface area is 272 Å². The Morgan fingerprint density at radius 3 is 1.83 bits per heavy atom. The average molecular weight is 730 g/mol. The van der Waals surface area contributed by atoms with Crippen LogP contribution in [0.2, 0.25) is 12.1 Å². The Morgan fingerprint density at radius 2 is 1.39 bits per heavy atom. The van der Waals surface area contributed by atoms with Crippen LogP contribution in [0.1, 0.15) is 120 Å². The maximum Gasteiger partial charge on any atom is 0.113 e. The molecular formula is C39H55HfSi-. The second kappa shape index (κ2) is 12.0. The van der Waals surface area contributed by atoms with E-state index in [1.807, 2.05) is 0 Å². The first-order chi connectivity index (χ1) is 18.5. The van der Waals surface area contributed by atoms with E-state index in [4.69, 9.17) is 0 Å². The van der Waals surface area contributed by atoms with Gasteiger partial charge in [-0.05, 0) is 60.1 Å². The predicted octanol–water partition coefficient (Wildman–Crippen LogP) is 11.5. The van der Waals surface area contributed by atoms with Crippen LogP contribution in [0.3, 0.4) is 0 Å². The van der Waals surface area contributed by atoms with Gasteiger partial charge in [0.15, 0.2) is 0 Å². The number of rotatable bonds is 6. The van der Waals surface area contributed by atoms with Crippen molar-refractivity contribution in [2.24, 2.45) is 5.92 Å². The summed E-state index contributed by atoms with van der Waals surface area (Å²) in [5.41, 5.74) is 12.5. The van der Waals surface area contributed by atoms with Gasteiger partial charge in [-0.1, -0.05) is 145 Å². The molecule has 220 valence electrons. The molecule has 4 rings (SSSR count). The van der Waals surface area contributed by atoms with Gasteiger partial charge in [-0.3, -0.25) is 0 Å². The first-order valence-corrected chi connectivity index (χ1v) is 18.2. The van der Waals surface area contributed by atoms with Crippen LogP contribution in [0.15, 0.2) is 64.4 Å². The molecule has 3 aromatic rings. The summed E-state index contributed by atoms with van der Waals surface area (Å²) >= 11 is 0. The van der Waals surface area contributed by atoms with Crippen LogP contribution in [-0.2, 0) is 36.7 Å². The molecule has 1 aliphatic rings. The molecule has 0 amide bonds. The minimum atomic E-state index is -2.08. The van der Waals surface area contributed by atoms with Crippen LogP contribution >= 0.6 is 0 Å². The van der Waals surface area contributed by atoms with Crippen molar-refractivity contribution in [3.05, 3.63) is 81.1 Å². The van der Waals surface area contributed by atoms with Crippen LogP contribution in [-0.4, -0.2) is 8.07 Å². The zero-order valence-corrected chi connectivity index (χ0v) is 33.2. The van der Waals surface area contributed by atoms with Crippen LogP contribution in [0.5, 0.6) is 0 Å². The van der Waals surface area contributed by atoms with Gasteiger partial charge in [0.05, 0.1) is 0 Å². The van der Waals surface area contributed by atoms with Gasteiger partial charge in [0.25, 0.3) is 0 Å². The second-order valence-corrected chi connectivity index (χ2v) is 19.7. The zero-order chi connectivity index (χ0) is 29.9. The molecule has 1 unspecified atom stereocenters. The van der Waals surface area contributed by atoms with Gasteiger partial charge >= 0.3 is 0 Å². The fraction of sp³-hybridized carbons (Fsp3) is 0.513. The molecule has 0 spiro atoms. The average Bonchev–Trinajstić information content (AvgIpc) is 3.39. The van der Waals surface area contributed by atoms with E-state index in [-0.39, 0.29) is 36.7 Å². The van der Waals surface area contributed by atoms with Crippen molar-refractivity contribution in [2.75, 3.05) is 0 Å². The molecule has 1 atom stereocenters. The molecule has 0 aromatic heterocycles. The predicted molar refractivity (Wildman–Crippen MR) is 183 cm³/mol. The van der Waals surface area contributed by atoms with Gasteiger partial charge in [0.1, 0.15) is 8.07 Å². The third kappa shape index (κ3) is 5.66. The van der Waals surface area contributed by atoms with Crippen molar-refractivity contribution >= 4 is 24.0 Å². The van der Waals surface area contributed by atoms with E-state index >= 15 is 0 Å². The third-order valence-electron chi connectivity index (χ3n) is 10.3. The van der Waals surface area contributed by atoms with Crippen LogP contribution < -0.4 is 5.19 Å². The topological polar surface area (TPSA) is 0 Å². The molecule has 0 nitrogen and oxygen atoms in total. The Bertz CT molecular complexity index is 1460. The van der Waals surface area contributed by atoms with E-state index in [0.717, 1.165) is 0 Å². The summed E-state index contributed by atoms with van der Waals surface area (Å²) in [6.07, 6.45) is 0. The van der Waals surface area contributed by atoms with Crippen molar-refractivity contribution in [3.8, 4) is 11.1 Å². The molecule has 0 saturated carbocycles. The van der Waals surface area contributed by atoms with Crippen molar-refractivity contribution < 1.29 is 25.8 Å².